The van der Waals surface area contributed by atoms with Crippen molar-refractivity contribution in [3.05, 3.63) is 47.5 Å². The minimum atomic E-state index is -0.00444. The Bertz CT molecular complexity index is 617. The molecule has 1 aliphatic heterocycles. The molecule has 0 saturated carbocycles. The molecular weight excluding hydrogens is 238 g/mol. The molecule has 0 bridgehead atoms. The summed E-state index contributed by atoms with van der Waals surface area (Å²) in [5, 5.41) is 0. The molecule has 2 heterocycles. The van der Waals surface area contributed by atoms with Crippen molar-refractivity contribution in [2.75, 3.05) is 4.90 Å². The van der Waals surface area contributed by atoms with Crippen LogP contribution in [0.5, 0.6) is 0 Å². The van der Waals surface area contributed by atoms with E-state index >= 15 is 0 Å². The van der Waals surface area contributed by atoms with Crippen molar-refractivity contribution in [2.45, 2.75) is 32.7 Å². The Labute approximate surface area is 112 Å². The number of benzene rings is 1. The summed E-state index contributed by atoms with van der Waals surface area (Å²) in [7, 11) is 0. The van der Waals surface area contributed by atoms with Gasteiger partial charge in [-0.15, -0.1) is 0 Å². The zero-order valence-corrected chi connectivity index (χ0v) is 11.2. The van der Waals surface area contributed by atoms with Gasteiger partial charge in [0.15, 0.2) is 0 Å². The van der Waals surface area contributed by atoms with Gasteiger partial charge in [0.05, 0.1) is 6.04 Å². The first-order valence-corrected chi connectivity index (χ1v) is 6.62. The van der Waals surface area contributed by atoms with Crippen molar-refractivity contribution in [1.29, 1.82) is 0 Å². The van der Waals surface area contributed by atoms with Crippen LogP contribution in [0.1, 0.15) is 37.0 Å². The zero-order valence-electron chi connectivity index (χ0n) is 11.2. The van der Waals surface area contributed by atoms with E-state index in [4.69, 9.17) is 0 Å². The largest absolute Gasteiger partial charge is 0.344 e. The van der Waals surface area contributed by atoms with Crippen molar-refractivity contribution in [3.8, 4) is 0 Å². The maximum Gasteiger partial charge on any atom is 0.224 e. The van der Waals surface area contributed by atoms with Gasteiger partial charge in [0.2, 0.25) is 5.91 Å². The van der Waals surface area contributed by atoms with Gasteiger partial charge < -0.3 is 9.88 Å². The number of para-hydroxylation sites is 1. The molecule has 0 aliphatic carbocycles. The van der Waals surface area contributed by atoms with Crippen molar-refractivity contribution in [1.82, 2.24) is 9.97 Å². The predicted octanol–water partition coefficient (Wildman–Crippen LogP) is 2.62. The molecule has 0 unspecified atom stereocenters. The van der Waals surface area contributed by atoms with Crippen molar-refractivity contribution in [2.24, 2.45) is 0 Å². The number of nitrogens with zero attached hydrogens (tertiary/aromatic N) is 2. The number of nitrogens with one attached hydrogen (secondary N) is 1. The maximum absolute atomic E-state index is 12.0. The van der Waals surface area contributed by atoms with Gasteiger partial charge in [0.1, 0.15) is 5.82 Å². The number of H-pyrrole nitrogens is 1. The normalized spacial score (nSPS) is 17.6. The first kappa shape index (κ1) is 12.0. The van der Waals surface area contributed by atoms with Gasteiger partial charge in [-0.05, 0) is 18.1 Å². The maximum atomic E-state index is 12.0. The SMILES string of the molecule is CCc1cnc([C@@H]2Cc3ccccc3N2C(C)=O)[nH]1. The number of anilines is 1. The highest BCUT2D eigenvalue weighted by atomic mass is 16.2. The molecule has 19 heavy (non-hydrogen) atoms. The van der Waals surface area contributed by atoms with Crippen molar-refractivity contribution in [3.63, 3.8) is 0 Å². The molecule has 0 radical (unpaired) electrons. The Morgan fingerprint density at radius 3 is 2.95 bits per heavy atom. The summed E-state index contributed by atoms with van der Waals surface area (Å²) in [5.41, 5.74) is 3.32. The van der Waals surface area contributed by atoms with Gasteiger partial charge in [-0.25, -0.2) is 4.98 Å². The van der Waals surface area contributed by atoms with E-state index in [0.717, 1.165) is 30.0 Å². The average Bonchev–Trinajstić information content (AvgIpc) is 3.02. The number of aromatic amines is 1. The lowest BCUT2D eigenvalue weighted by Crippen LogP contribution is -2.30. The first-order chi connectivity index (χ1) is 9.20. The number of amides is 1. The molecule has 4 nitrogen and oxygen atoms in total. The summed E-state index contributed by atoms with van der Waals surface area (Å²) < 4.78 is 0. The number of hydrogen-bond acceptors (Lipinski definition) is 2. The predicted molar refractivity (Wildman–Crippen MR) is 74.0 cm³/mol. The van der Waals surface area contributed by atoms with Crippen LogP contribution in [0.2, 0.25) is 0 Å². The molecule has 1 aromatic carbocycles. The smallest absolute Gasteiger partial charge is 0.224 e. The molecule has 1 atom stereocenters. The van der Waals surface area contributed by atoms with Crippen LogP contribution in [0.4, 0.5) is 5.69 Å². The molecule has 1 aromatic heterocycles. The van der Waals surface area contributed by atoms with E-state index in [1.54, 1.807) is 6.92 Å². The number of hydrogen-bond donors (Lipinski definition) is 1. The Morgan fingerprint density at radius 2 is 2.26 bits per heavy atom. The Balaban J connectivity index is 2.01. The van der Waals surface area contributed by atoms with Crippen LogP contribution in [0.3, 0.4) is 0 Å². The lowest BCUT2D eigenvalue weighted by Gasteiger charge is -2.22. The van der Waals surface area contributed by atoms with Gasteiger partial charge in [-0.2, -0.15) is 0 Å². The summed E-state index contributed by atoms with van der Waals surface area (Å²) >= 11 is 0. The molecular formula is C15H17N3O. The third-order valence-electron chi connectivity index (χ3n) is 3.66. The minimum absolute atomic E-state index is 0.00444. The van der Waals surface area contributed by atoms with Crippen LogP contribution in [0, 0.1) is 0 Å². The summed E-state index contributed by atoms with van der Waals surface area (Å²) in [6.07, 6.45) is 3.61. The highest BCUT2D eigenvalue weighted by Crippen LogP contribution is 2.39. The summed E-state index contributed by atoms with van der Waals surface area (Å²) in [6.45, 7) is 3.70. The molecule has 1 aliphatic rings. The highest BCUT2D eigenvalue weighted by molar-refractivity contribution is 5.94. The van der Waals surface area contributed by atoms with Crippen LogP contribution in [0.15, 0.2) is 30.5 Å². The monoisotopic (exact) mass is 255 g/mol. The van der Waals surface area contributed by atoms with E-state index in [9.17, 15) is 4.79 Å². The lowest BCUT2D eigenvalue weighted by molar-refractivity contribution is -0.117. The van der Waals surface area contributed by atoms with E-state index in [2.05, 4.69) is 23.0 Å². The molecule has 4 heteroatoms. The minimum Gasteiger partial charge on any atom is -0.344 e. The second-order valence-corrected chi connectivity index (χ2v) is 4.88. The van der Waals surface area contributed by atoms with Crippen LogP contribution in [-0.2, 0) is 17.6 Å². The fourth-order valence-electron chi connectivity index (χ4n) is 2.72. The van der Waals surface area contributed by atoms with Gasteiger partial charge in [0.25, 0.3) is 0 Å². The number of fused-ring (bicyclic) bond motifs is 1. The van der Waals surface area contributed by atoms with Crippen molar-refractivity contribution >= 4 is 11.6 Å². The quantitative estimate of drug-likeness (QED) is 0.896. The Kier molecular flexibility index (Phi) is 2.85. The number of aromatic nitrogens is 2. The summed E-state index contributed by atoms with van der Waals surface area (Å²) in [4.78, 5) is 21.5. The van der Waals surface area contributed by atoms with E-state index in [-0.39, 0.29) is 11.9 Å². The molecule has 0 fully saturated rings. The summed E-state index contributed by atoms with van der Waals surface area (Å²) in [6, 6.07) is 8.06. The fourth-order valence-corrected chi connectivity index (χ4v) is 2.72. The third kappa shape index (κ3) is 1.93. The molecule has 0 saturated heterocycles. The second-order valence-electron chi connectivity index (χ2n) is 4.88. The standard InChI is InChI=1S/C15H17N3O/c1-3-12-9-16-15(17-12)14-8-11-6-4-5-7-13(11)18(14)10(2)19/h4-7,9,14H,3,8H2,1-2H3,(H,16,17)/t14-/m0/s1. The Morgan fingerprint density at radius 1 is 1.47 bits per heavy atom. The van der Waals surface area contributed by atoms with Crippen LogP contribution in [-0.4, -0.2) is 15.9 Å². The number of carbonyl (C=O) groups is 1. The number of carbonyl (C=O) groups excluding carboxylic acids is 1. The van der Waals surface area contributed by atoms with E-state index in [1.165, 1.54) is 5.56 Å². The highest BCUT2D eigenvalue weighted by Gasteiger charge is 2.34. The fraction of sp³-hybridized carbons (Fsp3) is 0.333. The molecule has 98 valence electrons. The van der Waals surface area contributed by atoms with E-state index < -0.39 is 0 Å². The molecule has 1 amide bonds. The van der Waals surface area contributed by atoms with Gasteiger partial charge >= 0.3 is 0 Å². The van der Waals surface area contributed by atoms with Crippen LogP contribution in [0.25, 0.3) is 0 Å². The summed E-state index contributed by atoms with van der Waals surface area (Å²) in [5.74, 6) is 0.938. The Hall–Kier alpha value is -2.10. The van der Waals surface area contributed by atoms with Crippen LogP contribution >= 0.6 is 0 Å². The number of aryl methyl sites for hydroxylation is 1. The molecule has 2 aromatic rings. The van der Waals surface area contributed by atoms with E-state index in [1.807, 2.05) is 29.3 Å². The topological polar surface area (TPSA) is 49.0 Å². The average molecular weight is 255 g/mol. The molecule has 0 spiro atoms. The lowest BCUT2D eigenvalue weighted by atomic mass is 10.1. The van der Waals surface area contributed by atoms with Gasteiger partial charge in [-0.3, -0.25) is 4.79 Å². The van der Waals surface area contributed by atoms with Gasteiger partial charge in [0, 0.05) is 30.9 Å². The number of rotatable bonds is 2. The van der Waals surface area contributed by atoms with Gasteiger partial charge in [-0.1, -0.05) is 25.1 Å². The first-order valence-electron chi connectivity index (χ1n) is 6.62. The van der Waals surface area contributed by atoms with Crippen LogP contribution < -0.4 is 4.90 Å². The second kappa shape index (κ2) is 4.53. The third-order valence-corrected chi connectivity index (χ3v) is 3.66. The number of imidazole rings is 1. The van der Waals surface area contributed by atoms with E-state index in [0.29, 0.717) is 0 Å². The van der Waals surface area contributed by atoms with Crippen molar-refractivity contribution < 1.29 is 4.79 Å². The molecule has 3 rings (SSSR count). The zero-order chi connectivity index (χ0) is 13.4. The molecule has 1 N–H and O–H groups in total.